The van der Waals surface area contributed by atoms with E-state index in [1.807, 2.05) is 13.8 Å². The summed E-state index contributed by atoms with van der Waals surface area (Å²) in [7, 11) is 0. The van der Waals surface area contributed by atoms with Gasteiger partial charge in [-0.2, -0.15) is 0 Å². The standard InChI is InChI=1S/C21H33FN4O3/c1-3-4-19(25-21(28)23-15-17-5-7-18(22)8-6-17)20(27)24-16(2)9-10-26-11-13-29-14-12-26/h5-8,16,19H,3-4,9-15H2,1-2H3,(H,24,27)(H2,23,25,28). The van der Waals surface area contributed by atoms with Crippen LogP contribution in [0.1, 0.15) is 38.7 Å². The molecular formula is C21H33FN4O3. The second-order valence-electron chi connectivity index (χ2n) is 7.45. The summed E-state index contributed by atoms with van der Waals surface area (Å²) in [5.41, 5.74) is 0.787. The molecule has 0 spiro atoms. The van der Waals surface area contributed by atoms with E-state index in [-0.39, 0.29) is 24.3 Å². The molecule has 0 radical (unpaired) electrons. The molecule has 2 rings (SSSR count). The number of benzene rings is 1. The smallest absolute Gasteiger partial charge is 0.315 e. The molecule has 1 fully saturated rings. The van der Waals surface area contributed by atoms with Gasteiger partial charge in [0.25, 0.3) is 0 Å². The normalized spacial score (nSPS) is 16.7. The van der Waals surface area contributed by atoms with Crippen molar-refractivity contribution in [2.75, 3.05) is 32.8 Å². The molecule has 3 amide bonds. The van der Waals surface area contributed by atoms with E-state index in [4.69, 9.17) is 4.74 Å². The van der Waals surface area contributed by atoms with Crippen molar-refractivity contribution in [3.05, 3.63) is 35.6 Å². The summed E-state index contributed by atoms with van der Waals surface area (Å²) >= 11 is 0. The number of nitrogens with one attached hydrogen (secondary N) is 3. The second kappa shape index (κ2) is 12.4. The number of carbonyl (C=O) groups is 2. The third-order valence-corrected chi connectivity index (χ3v) is 4.94. The number of hydrogen-bond donors (Lipinski definition) is 3. The van der Waals surface area contributed by atoms with Gasteiger partial charge < -0.3 is 20.7 Å². The monoisotopic (exact) mass is 408 g/mol. The van der Waals surface area contributed by atoms with E-state index in [1.54, 1.807) is 12.1 Å². The highest BCUT2D eigenvalue weighted by atomic mass is 19.1. The highest BCUT2D eigenvalue weighted by Gasteiger charge is 2.21. The van der Waals surface area contributed by atoms with E-state index in [0.29, 0.717) is 6.42 Å². The minimum absolute atomic E-state index is 0.0220. The number of amides is 3. The van der Waals surface area contributed by atoms with Crippen molar-refractivity contribution in [1.29, 1.82) is 0 Å². The first kappa shape index (κ1) is 23.1. The fraction of sp³-hybridized carbons (Fsp3) is 0.619. The van der Waals surface area contributed by atoms with Crippen molar-refractivity contribution in [3.63, 3.8) is 0 Å². The Hall–Kier alpha value is -2.19. The van der Waals surface area contributed by atoms with Crippen LogP contribution >= 0.6 is 0 Å². The Morgan fingerprint density at radius 3 is 2.48 bits per heavy atom. The Morgan fingerprint density at radius 1 is 1.14 bits per heavy atom. The van der Waals surface area contributed by atoms with Crippen LogP contribution in [0, 0.1) is 5.82 Å². The van der Waals surface area contributed by atoms with Gasteiger partial charge in [-0.05, 0) is 37.5 Å². The molecule has 162 valence electrons. The van der Waals surface area contributed by atoms with Gasteiger partial charge >= 0.3 is 6.03 Å². The molecule has 0 aliphatic carbocycles. The molecule has 1 heterocycles. The molecule has 3 N–H and O–H groups in total. The molecule has 2 atom stereocenters. The summed E-state index contributed by atoms with van der Waals surface area (Å²) in [4.78, 5) is 27.1. The highest BCUT2D eigenvalue weighted by molar-refractivity contribution is 5.87. The van der Waals surface area contributed by atoms with Gasteiger partial charge in [-0.25, -0.2) is 9.18 Å². The van der Waals surface area contributed by atoms with Crippen LogP contribution in [0.5, 0.6) is 0 Å². The average Bonchev–Trinajstić information content (AvgIpc) is 2.72. The topological polar surface area (TPSA) is 82.7 Å². The van der Waals surface area contributed by atoms with Gasteiger partial charge in [-0.3, -0.25) is 9.69 Å². The summed E-state index contributed by atoms with van der Waals surface area (Å²) in [6.45, 7) is 8.50. The van der Waals surface area contributed by atoms with E-state index in [0.717, 1.165) is 51.3 Å². The zero-order chi connectivity index (χ0) is 21.1. The first-order valence-electron chi connectivity index (χ1n) is 10.4. The predicted octanol–water partition coefficient (Wildman–Crippen LogP) is 2.02. The van der Waals surface area contributed by atoms with E-state index in [9.17, 15) is 14.0 Å². The molecule has 1 saturated heterocycles. The molecule has 7 nitrogen and oxygen atoms in total. The molecule has 2 unspecified atom stereocenters. The van der Waals surface area contributed by atoms with Crippen molar-refractivity contribution in [2.24, 2.45) is 0 Å². The Kier molecular flexibility index (Phi) is 9.87. The summed E-state index contributed by atoms with van der Waals surface area (Å²) in [6, 6.07) is 4.95. The van der Waals surface area contributed by atoms with Crippen LogP contribution in [-0.2, 0) is 16.1 Å². The molecule has 1 aliphatic heterocycles. The van der Waals surface area contributed by atoms with Gasteiger partial charge in [0.05, 0.1) is 13.2 Å². The van der Waals surface area contributed by atoms with E-state index in [1.165, 1.54) is 12.1 Å². The van der Waals surface area contributed by atoms with Crippen molar-refractivity contribution in [1.82, 2.24) is 20.9 Å². The number of rotatable bonds is 10. The van der Waals surface area contributed by atoms with Crippen LogP contribution in [-0.4, -0.2) is 61.8 Å². The van der Waals surface area contributed by atoms with E-state index >= 15 is 0 Å². The van der Waals surface area contributed by atoms with Crippen LogP contribution < -0.4 is 16.0 Å². The van der Waals surface area contributed by atoms with E-state index in [2.05, 4.69) is 20.9 Å². The van der Waals surface area contributed by atoms with Crippen molar-refractivity contribution < 1.29 is 18.7 Å². The third kappa shape index (κ3) is 8.79. The number of nitrogens with zero attached hydrogens (tertiary/aromatic N) is 1. The molecule has 0 saturated carbocycles. The highest BCUT2D eigenvalue weighted by Crippen LogP contribution is 2.04. The lowest BCUT2D eigenvalue weighted by atomic mass is 10.1. The molecule has 8 heteroatoms. The van der Waals surface area contributed by atoms with Gasteiger partial charge in [-0.15, -0.1) is 0 Å². The SMILES string of the molecule is CCCC(NC(=O)NCc1ccc(F)cc1)C(=O)NC(C)CCN1CCOCC1. The number of carbonyl (C=O) groups excluding carboxylic acids is 2. The lowest BCUT2D eigenvalue weighted by molar-refractivity contribution is -0.123. The van der Waals surface area contributed by atoms with Gasteiger partial charge in [0.2, 0.25) is 5.91 Å². The van der Waals surface area contributed by atoms with Crippen LogP contribution in [0.3, 0.4) is 0 Å². The van der Waals surface area contributed by atoms with Gasteiger partial charge in [-0.1, -0.05) is 25.5 Å². The zero-order valence-corrected chi connectivity index (χ0v) is 17.4. The van der Waals surface area contributed by atoms with E-state index < -0.39 is 12.1 Å². The van der Waals surface area contributed by atoms with Crippen molar-refractivity contribution in [2.45, 2.75) is 51.7 Å². The quantitative estimate of drug-likeness (QED) is 0.553. The molecule has 0 bridgehead atoms. The maximum Gasteiger partial charge on any atom is 0.315 e. The molecule has 1 aliphatic rings. The van der Waals surface area contributed by atoms with Crippen LogP contribution in [0.25, 0.3) is 0 Å². The fourth-order valence-electron chi connectivity index (χ4n) is 3.17. The first-order valence-corrected chi connectivity index (χ1v) is 10.4. The summed E-state index contributed by atoms with van der Waals surface area (Å²) < 4.78 is 18.3. The van der Waals surface area contributed by atoms with Crippen molar-refractivity contribution >= 4 is 11.9 Å². The number of hydrogen-bond acceptors (Lipinski definition) is 4. The summed E-state index contributed by atoms with van der Waals surface area (Å²) in [6.07, 6.45) is 2.19. The lowest BCUT2D eigenvalue weighted by Crippen LogP contribution is -2.51. The Morgan fingerprint density at radius 2 is 1.83 bits per heavy atom. The number of ether oxygens (including phenoxy) is 1. The Balaban J connectivity index is 1.74. The Labute approximate surface area is 172 Å². The molecule has 1 aromatic carbocycles. The Bertz CT molecular complexity index is 635. The molecule has 1 aromatic rings. The minimum Gasteiger partial charge on any atom is -0.379 e. The van der Waals surface area contributed by atoms with Crippen LogP contribution in [0.2, 0.25) is 0 Å². The zero-order valence-electron chi connectivity index (χ0n) is 17.4. The number of halogens is 1. The summed E-state index contributed by atoms with van der Waals surface area (Å²) in [5.74, 6) is -0.487. The maximum absolute atomic E-state index is 12.9. The second-order valence-corrected chi connectivity index (χ2v) is 7.45. The fourth-order valence-corrected chi connectivity index (χ4v) is 3.17. The third-order valence-electron chi connectivity index (χ3n) is 4.94. The summed E-state index contributed by atoms with van der Waals surface area (Å²) in [5, 5.41) is 8.47. The predicted molar refractivity (Wildman–Crippen MR) is 110 cm³/mol. The minimum atomic E-state index is -0.584. The largest absolute Gasteiger partial charge is 0.379 e. The van der Waals surface area contributed by atoms with Gasteiger partial charge in [0, 0.05) is 32.2 Å². The van der Waals surface area contributed by atoms with Gasteiger partial charge in [0.15, 0.2) is 0 Å². The molecule has 29 heavy (non-hydrogen) atoms. The van der Waals surface area contributed by atoms with Gasteiger partial charge in [0.1, 0.15) is 11.9 Å². The molecule has 0 aromatic heterocycles. The number of urea groups is 1. The molecular weight excluding hydrogens is 375 g/mol. The average molecular weight is 409 g/mol. The van der Waals surface area contributed by atoms with Crippen LogP contribution in [0.15, 0.2) is 24.3 Å². The van der Waals surface area contributed by atoms with Crippen LogP contribution in [0.4, 0.5) is 9.18 Å². The first-order chi connectivity index (χ1) is 14.0. The number of morpholine rings is 1. The maximum atomic E-state index is 12.9. The van der Waals surface area contributed by atoms with Crippen molar-refractivity contribution in [3.8, 4) is 0 Å². The lowest BCUT2D eigenvalue weighted by Gasteiger charge is -2.28.